The Labute approximate surface area is 238 Å². The van der Waals surface area contributed by atoms with Gasteiger partial charge in [-0.15, -0.1) is 0 Å². The molecule has 4 aromatic rings. The van der Waals surface area contributed by atoms with E-state index in [1.165, 1.54) is 9.13 Å². The molecule has 1 fully saturated rings. The van der Waals surface area contributed by atoms with Crippen LogP contribution in [0.2, 0.25) is 0 Å². The first kappa shape index (κ1) is 28.7. The number of hydrogen-bond acceptors (Lipinski definition) is 8. The molecule has 1 aliphatic heterocycles. The molecule has 1 aliphatic rings. The predicted octanol–water partition coefficient (Wildman–Crippen LogP) is 3.68. The van der Waals surface area contributed by atoms with Crippen molar-refractivity contribution in [1.29, 1.82) is 0 Å². The SMILES string of the molecule is Cc1ccc(Cn2c(-c3nccnc3OCC(C)C)nc3c2c(=O)n(CCCOC2CCCCO2)c(=O)n3C)cc1. The summed E-state index contributed by atoms with van der Waals surface area (Å²) in [5, 5.41) is 0. The zero-order valence-electron chi connectivity index (χ0n) is 24.2. The summed E-state index contributed by atoms with van der Waals surface area (Å²) in [6.45, 7) is 8.23. The molecular weight excluding hydrogens is 524 g/mol. The van der Waals surface area contributed by atoms with E-state index >= 15 is 0 Å². The minimum atomic E-state index is -0.432. The molecule has 0 bridgehead atoms. The molecule has 1 unspecified atom stereocenters. The largest absolute Gasteiger partial charge is 0.476 e. The standard InChI is InChI=1S/C30H38N6O5/c1-20(2)19-41-28-24(31-13-14-32-28)26-33-27-25(36(26)18-22-11-9-21(3)10-12-22)29(37)35(30(38)34(27)4)15-7-17-40-23-8-5-6-16-39-23/h9-14,20,23H,5-8,15-19H2,1-4H3. The molecule has 1 saturated heterocycles. The van der Waals surface area contributed by atoms with Crippen LogP contribution in [0.1, 0.15) is 50.7 Å². The average molecular weight is 563 g/mol. The summed E-state index contributed by atoms with van der Waals surface area (Å²) < 4.78 is 22.0. The Morgan fingerprint density at radius 2 is 1.85 bits per heavy atom. The van der Waals surface area contributed by atoms with Crippen molar-refractivity contribution in [1.82, 2.24) is 28.7 Å². The number of aryl methyl sites for hydroxylation is 2. The molecule has 0 aliphatic carbocycles. The fourth-order valence-corrected chi connectivity index (χ4v) is 4.89. The van der Waals surface area contributed by atoms with Gasteiger partial charge in [-0.1, -0.05) is 43.7 Å². The van der Waals surface area contributed by atoms with E-state index in [0.29, 0.717) is 55.7 Å². The maximum Gasteiger partial charge on any atom is 0.332 e. The van der Waals surface area contributed by atoms with Gasteiger partial charge in [0.05, 0.1) is 13.2 Å². The zero-order chi connectivity index (χ0) is 28.9. The van der Waals surface area contributed by atoms with Gasteiger partial charge < -0.3 is 18.8 Å². The highest BCUT2D eigenvalue weighted by atomic mass is 16.7. The van der Waals surface area contributed by atoms with E-state index in [-0.39, 0.29) is 24.4 Å². The van der Waals surface area contributed by atoms with E-state index in [1.54, 1.807) is 19.4 Å². The van der Waals surface area contributed by atoms with Crippen LogP contribution in [-0.4, -0.2) is 54.8 Å². The lowest BCUT2D eigenvalue weighted by molar-refractivity contribution is -0.163. The van der Waals surface area contributed by atoms with Crippen molar-refractivity contribution in [3.05, 3.63) is 68.6 Å². The highest BCUT2D eigenvalue weighted by Gasteiger charge is 2.25. The second-order valence-electron chi connectivity index (χ2n) is 10.9. The van der Waals surface area contributed by atoms with Gasteiger partial charge in [0.2, 0.25) is 5.88 Å². The Hall–Kier alpha value is -3.83. The van der Waals surface area contributed by atoms with Crippen molar-refractivity contribution in [2.75, 3.05) is 19.8 Å². The average Bonchev–Trinajstić information content (AvgIpc) is 3.35. The summed E-state index contributed by atoms with van der Waals surface area (Å²) in [6, 6.07) is 8.08. The monoisotopic (exact) mass is 562 g/mol. The highest BCUT2D eigenvalue weighted by molar-refractivity contribution is 5.77. The molecule has 11 nitrogen and oxygen atoms in total. The van der Waals surface area contributed by atoms with Crippen LogP contribution in [0, 0.1) is 12.8 Å². The van der Waals surface area contributed by atoms with Gasteiger partial charge in [0.1, 0.15) is 0 Å². The van der Waals surface area contributed by atoms with Crippen LogP contribution in [0.15, 0.2) is 46.2 Å². The van der Waals surface area contributed by atoms with Crippen LogP contribution in [-0.2, 0) is 29.6 Å². The van der Waals surface area contributed by atoms with Gasteiger partial charge in [-0.05, 0) is 44.1 Å². The van der Waals surface area contributed by atoms with Crippen molar-refractivity contribution in [2.45, 2.75) is 65.8 Å². The smallest absolute Gasteiger partial charge is 0.332 e. The minimum Gasteiger partial charge on any atom is -0.476 e. The van der Waals surface area contributed by atoms with E-state index in [4.69, 9.17) is 19.2 Å². The molecule has 11 heteroatoms. The Morgan fingerprint density at radius 1 is 1.07 bits per heavy atom. The van der Waals surface area contributed by atoms with E-state index in [1.807, 2.05) is 49.6 Å². The van der Waals surface area contributed by atoms with Crippen molar-refractivity contribution in [2.24, 2.45) is 13.0 Å². The number of hydrogen-bond donors (Lipinski definition) is 0. The second kappa shape index (κ2) is 12.8. The van der Waals surface area contributed by atoms with E-state index < -0.39 is 11.2 Å². The number of fused-ring (bicyclic) bond motifs is 1. The third-order valence-corrected chi connectivity index (χ3v) is 7.09. The fourth-order valence-electron chi connectivity index (χ4n) is 4.89. The Kier molecular flexibility index (Phi) is 8.94. The number of aromatic nitrogens is 6. The summed E-state index contributed by atoms with van der Waals surface area (Å²) in [6.07, 6.45) is 6.39. The maximum absolute atomic E-state index is 14.0. The third-order valence-electron chi connectivity index (χ3n) is 7.09. The Morgan fingerprint density at radius 3 is 2.59 bits per heavy atom. The van der Waals surface area contributed by atoms with Gasteiger partial charge in [-0.25, -0.2) is 19.7 Å². The third kappa shape index (κ3) is 6.41. The molecule has 5 rings (SSSR count). The minimum absolute atomic E-state index is 0.215. The number of ether oxygens (including phenoxy) is 3. The molecule has 41 heavy (non-hydrogen) atoms. The number of nitrogens with zero attached hydrogens (tertiary/aromatic N) is 6. The Balaban J connectivity index is 1.57. The van der Waals surface area contributed by atoms with Gasteiger partial charge in [0, 0.05) is 39.1 Å². The topological polar surface area (TPSA) is 115 Å². The number of benzene rings is 1. The van der Waals surface area contributed by atoms with Crippen molar-refractivity contribution in [3.63, 3.8) is 0 Å². The van der Waals surface area contributed by atoms with Gasteiger partial charge in [0.15, 0.2) is 29.0 Å². The predicted molar refractivity (Wildman–Crippen MR) is 155 cm³/mol. The van der Waals surface area contributed by atoms with Crippen LogP contribution in [0.25, 0.3) is 22.7 Å². The maximum atomic E-state index is 14.0. The van der Waals surface area contributed by atoms with Crippen LogP contribution in [0.3, 0.4) is 0 Å². The lowest BCUT2D eigenvalue weighted by Gasteiger charge is -2.22. The molecule has 0 amide bonds. The Bertz CT molecular complexity index is 1600. The summed E-state index contributed by atoms with van der Waals surface area (Å²) in [7, 11) is 1.63. The van der Waals surface area contributed by atoms with Crippen LogP contribution in [0.4, 0.5) is 0 Å². The van der Waals surface area contributed by atoms with Crippen LogP contribution < -0.4 is 16.0 Å². The molecule has 0 saturated carbocycles. The van der Waals surface area contributed by atoms with Gasteiger partial charge >= 0.3 is 5.69 Å². The molecular formula is C30H38N6O5. The lowest BCUT2D eigenvalue weighted by atomic mass is 10.1. The molecule has 0 N–H and O–H groups in total. The zero-order valence-corrected chi connectivity index (χ0v) is 24.2. The molecule has 0 spiro atoms. The second-order valence-corrected chi connectivity index (χ2v) is 10.9. The first-order valence-corrected chi connectivity index (χ1v) is 14.3. The summed E-state index contributed by atoms with van der Waals surface area (Å²) in [4.78, 5) is 41.1. The number of rotatable bonds is 11. The highest BCUT2D eigenvalue weighted by Crippen LogP contribution is 2.28. The van der Waals surface area contributed by atoms with Crippen LogP contribution in [0.5, 0.6) is 5.88 Å². The van der Waals surface area contributed by atoms with Crippen molar-refractivity contribution in [3.8, 4) is 17.4 Å². The van der Waals surface area contributed by atoms with Crippen molar-refractivity contribution < 1.29 is 14.2 Å². The quantitative estimate of drug-likeness (QED) is 0.254. The summed E-state index contributed by atoms with van der Waals surface area (Å²) in [5.74, 6) is 1.02. The first-order valence-electron chi connectivity index (χ1n) is 14.3. The van der Waals surface area contributed by atoms with Gasteiger partial charge in [0.25, 0.3) is 5.56 Å². The summed E-state index contributed by atoms with van der Waals surface area (Å²) >= 11 is 0. The molecule has 1 aromatic carbocycles. The van der Waals surface area contributed by atoms with E-state index in [9.17, 15) is 9.59 Å². The molecule has 218 valence electrons. The molecule has 1 atom stereocenters. The first-order chi connectivity index (χ1) is 19.8. The number of imidazole rings is 1. The lowest BCUT2D eigenvalue weighted by Crippen LogP contribution is -2.40. The van der Waals surface area contributed by atoms with Crippen LogP contribution >= 0.6 is 0 Å². The summed E-state index contributed by atoms with van der Waals surface area (Å²) in [5.41, 5.74) is 2.29. The molecule has 0 radical (unpaired) electrons. The molecule has 4 heterocycles. The van der Waals surface area contributed by atoms with E-state index in [0.717, 1.165) is 30.4 Å². The van der Waals surface area contributed by atoms with Crippen molar-refractivity contribution >= 4 is 11.2 Å². The fraction of sp³-hybridized carbons (Fsp3) is 0.500. The van der Waals surface area contributed by atoms with E-state index in [2.05, 4.69) is 9.97 Å². The normalized spacial score (nSPS) is 15.6. The van der Waals surface area contributed by atoms with Gasteiger partial charge in [-0.2, -0.15) is 0 Å². The van der Waals surface area contributed by atoms with Gasteiger partial charge in [-0.3, -0.25) is 13.9 Å². The molecule has 3 aromatic heterocycles.